The number of fused-ring (bicyclic) bond motifs is 3. The van der Waals surface area contributed by atoms with Crippen molar-refractivity contribution in [3.8, 4) is 0 Å². The highest BCUT2D eigenvalue weighted by Gasteiger charge is 2.31. The van der Waals surface area contributed by atoms with Gasteiger partial charge in [0, 0.05) is 23.0 Å². The fourth-order valence-corrected chi connectivity index (χ4v) is 3.93. The molecule has 0 fully saturated rings. The molecule has 8 heteroatoms. The highest BCUT2D eigenvalue weighted by atomic mass is 16.2. The molecule has 30 heavy (non-hydrogen) atoms. The van der Waals surface area contributed by atoms with Crippen LogP contribution in [0.4, 0.5) is 5.69 Å². The quantitative estimate of drug-likeness (QED) is 0.457. The van der Waals surface area contributed by atoms with Gasteiger partial charge in [-0.3, -0.25) is 15.0 Å². The molecule has 2 unspecified atom stereocenters. The number of hydrogen-bond acceptors (Lipinski definition) is 5. The molecule has 3 heterocycles. The Balaban J connectivity index is 1.21. The number of para-hydroxylation sites is 1. The lowest BCUT2D eigenvalue weighted by Gasteiger charge is -2.18. The fraction of sp³-hybridized carbons (Fsp3) is 0.227. The average Bonchev–Trinajstić information content (AvgIpc) is 3.33. The third-order valence-corrected chi connectivity index (χ3v) is 5.46. The number of aromatic nitrogens is 1. The van der Waals surface area contributed by atoms with Gasteiger partial charge in [0.2, 0.25) is 5.91 Å². The minimum Gasteiger partial charge on any atom is -0.357 e. The van der Waals surface area contributed by atoms with E-state index in [2.05, 4.69) is 31.5 Å². The van der Waals surface area contributed by atoms with E-state index in [1.165, 1.54) is 0 Å². The summed E-state index contributed by atoms with van der Waals surface area (Å²) in [5, 5.41) is 14.1. The molecule has 2 aliphatic rings. The number of hydrazone groups is 1. The number of hydrogen-bond donors (Lipinski definition) is 5. The second-order valence-corrected chi connectivity index (χ2v) is 7.54. The van der Waals surface area contributed by atoms with E-state index >= 15 is 0 Å². The van der Waals surface area contributed by atoms with Crippen molar-refractivity contribution in [3.05, 3.63) is 65.9 Å². The van der Waals surface area contributed by atoms with Crippen LogP contribution in [0.5, 0.6) is 0 Å². The van der Waals surface area contributed by atoms with E-state index in [1.807, 2.05) is 54.6 Å². The van der Waals surface area contributed by atoms with Crippen molar-refractivity contribution in [1.29, 1.82) is 0 Å². The number of amidine groups is 1. The molecule has 2 aromatic carbocycles. The van der Waals surface area contributed by atoms with Gasteiger partial charge >= 0.3 is 0 Å². The topological polar surface area (TPSA) is 110 Å². The Hall–Kier alpha value is -3.81. The first-order valence-corrected chi connectivity index (χ1v) is 10.0. The van der Waals surface area contributed by atoms with Crippen LogP contribution in [0, 0.1) is 0 Å². The maximum atomic E-state index is 12.8. The summed E-state index contributed by atoms with van der Waals surface area (Å²) in [5.41, 5.74) is 6.69. The minimum absolute atomic E-state index is 0.213. The number of H-pyrrole nitrogens is 1. The van der Waals surface area contributed by atoms with Crippen LogP contribution < -0.4 is 21.4 Å². The van der Waals surface area contributed by atoms with E-state index in [0.717, 1.165) is 27.8 Å². The molecule has 152 valence electrons. The van der Waals surface area contributed by atoms with Crippen molar-refractivity contribution in [1.82, 2.24) is 21.0 Å². The molecule has 1 aromatic heterocycles. The van der Waals surface area contributed by atoms with Gasteiger partial charge in [0.1, 0.15) is 11.9 Å². The smallest absolute Gasteiger partial charge is 0.265 e. The summed E-state index contributed by atoms with van der Waals surface area (Å²) >= 11 is 0. The molecule has 0 saturated carbocycles. The van der Waals surface area contributed by atoms with E-state index in [1.54, 1.807) is 0 Å². The molecule has 0 saturated heterocycles. The zero-order valence-electron chi connectivity index (χ0n) is 16.2. The second-order valence-electron chi connectivity index (χ2n) is 7.54. The summed E-state index contributed by atoms with van der Waals surface area (Å²) in [4.78, 5) is 28.8. The summed E-state index contributed by atoms with van der Waals surface area (Å²) < 4.78 is 0. The Kier molecular flexibility index (Phi) is 4.59. The van der Waals surface area contributed by atoms with E-state index in [-0.39, 0.29) is 11.8 Å². The van der Waals surface area contributed by atoms with Crippen LogP contribution in [0.25, 0.3) is 10.9 Å². The molecule has 0 bridgehead atoms. The monoisotopic (exact) mass is 402 g/mol. The molecule has 2 aliphatic heterocycles. The van der Waals surface area contributed by atoms with Crippen molar-refractivity contribution >= 4 is 34.2 Å². The number of carbonyl (C=O) groups excluding carboxylic acids is 2. The van der Waals surface area contributed by atoms with E-state index in [4.69, 9.17) is 0 Å². The van der Waals surface area contributed by atoms with Crippen molar-refractivity contribution in [2.75, 3.05) is 5.32 Å². The summed E-state index contributed by atoms with van der Waals surface area (Å²) in [6.07, 6.45) is 1.08. The van der Waals surface area contributed by atoms with Crippen LogP contribution in [0.2, 0.25) is 0 Å². The molecule has 2 atom stereocenters. The van der Waals surface area contributed by atoms with Gasteiger partial charge in [-0.1, -0.05) is 48.5 Å². The SMILES string of the molecule is O=C1Nc2c([nH]c3ccccc23)CCC1NC(=O)C1NN=C(Cc2ccccc2)N1. The molecule has 0 aliphatic carbocycles. The first-order valence-electron chi connectivity index (χ1n) is 10.0. The van der Waals surface area contributed by atoms with E-state index in [0.29, 0.717) is 25.1 Å². The van der Waals surface area contributed by atoms with Gasteiger partial charge in [-0.15, -0.1) is 0 Å². The third kappa shape index (κ3) is 3.47. The number of anilines is 1. The van der Waals surface area contributed by atoms with Crippen LogP contribution in [-0.4, -0.2) is 34.8 Å². The highest BCUT2D eigenvalue weighted by molar-refractivity contribution is 6.06. The number of amides is 2. The van der Waals surface area contributed by atoms with Gasteiger partial charge < -0.3 is 20.9 Å². The standard InChI is InChI=1S/C22H22N6O2/c29-21-17(11-10-16-19(26-21)14-8-4-5-9-15(14)23-16)24-22(30)20-25-18(27-28-20)12-13-6-2-1-3-7-13/h1-9,17,20,23,28H,10-12H2,(H,24,30)(H,25,27)(H,26,29). The molecular weight excluding hydrogens is 380 g/mol. The highest BCUT2D eigenvalue weighted by Crippen LogP contribution is 2.30. The lowest BCUT2D eigenvalue weighted by atomic mass is 10.1. The van der Waals surface area contributed by atoms with Crippen LogP contribution in [0.15, 0.2) is 59.7 Å². The second kappa shape index (κ2) is 7.55. The summed E-state index contributed by atoms with van der Waals surface area (Å²) in [7, 11) is 0. The molecule has 2 amide bonds. The van der Waals surface area contributed by atoms with Gasteiger partial charge in [-0.25, -0.2) is 0 Å². The number of aryl methyl sites for hydroxylation is 1. The molecule has 5 rings (SSSR count). The summed E-state index contributed by atoms with van der Waals surface area (Å²) in [6.45, 7) is 0. The number of rotatable bonds is 4. The molecule has 0 radical (unpaired) electrons. The average molecular weight is 402 g/mol. The van der Waals surface area contributed by atoms with Crippen LogP contribution >= 0.6 is 0 Å². The van der Waals surface area contributed by atoms with Gasteiger partial charge in [0.25, 0.3) is 5.91 Å². The minimum atomic E-state index is -0.696. The van der Waals surface area contributed by atoms with Crippen molar-refractivity contribution in [3.63, 3.8) is 0 Å². The van der Waals surface area contributed by atoms with Crippen LogP contribution in [-0.2, 0) is 22.4 Å². The maximum Gasteiger partial charge on any atom is 0.265 e. The number of carbonyl (C=O) groups is 2. The van der Waals surface area contributed by atoms with Crippen LogP contribution in [0.1, 0.15) is 17.7 Å². The van der Waals surface area contributed by atoms with E-state index in [9.17, 15) is 9.59 Å². The van der Waals surface area contributed by atoms with Gasteiger partial charge in [0.05, 0.1) is 5.69 Å². The lowest BCUT2D eigenvalue weighted by Crippen LogP contribution is -2.54. The van der Waals surface area contributed by atoms with Gasteiger partial charge in [-0.05, 0) is 24.5 Å². The normalized spacial score (nSPS) is 20.4. The van der Waals surface area contributed by atoms with Crippen molar-refractivity contribution in [2.45, 2.75) is 31.5 Å². The third-order valence-electron chi connectivity index (χ3n) is 5.46. The number of nitrogens with one attached hydrogen (secondary N) is 5. The molecular formula is C22H22N6O2. The maximum absolute atomic E-state index is 12.8. The first-order chi connectivity index (χ1) is 14.7. The zero-order chi connectivity index (χ0) is 20.5. The largest absolute Gasteiger partial charge is 0.357 e. The number of benzene rings is 2. The molecule has 5 N–H and O–H groups in total. The Morgan fingerprint density at radius 2 is 1.90 bits per heavy atom. The van der Waals surface area contributed by atoms with E-state index < -0.39 is 12.2 Å². The summed E-state index contributed by atoms with van der Waals surface area (Å²) in [6, 6.07) is 17.1. The Morgan fingerprint density at radius 1 is 1.10 bits per heavy atom. The Morgan fingerprint density at radius 3 is 2.77 bits per heavy atom. The summed E-state index contributed by atoms with van der Waals surface area (Å²) in [5.74, 6) is 0.167. The van der Waals surface area contributed by atoms with Crippen LogP contribution in [0.3, 0.4) is 0 Å². The zero-order valence-corrected chi connectivity index (χ0v) is 16.2. The molecule has 8 nitrogen and oxygen atoms in total. The first kappa shape index (κ1) is 18.2. The van der Waals surface area contributed by atoms with Gasteiger partial charge in [-0.2, -0.15) is 5.10 Å². The number of aromatic amines is 1. The van der Waals surface area contributed by atoms with Crippen molar-refractivity contribution in [2.24, 2.45) is 5.10 Å². The van der Waals surface area contributed by atoms with Gasteiger partial charge in [0.15, 0.2) is 6.17 Å². The Labute approximate surface area is 173 Å². The molecule has 3 aromatic rings. The number of nitrogens with zero attached hydrogens (tertiary/aromatic N) is 1. The lowest BCUT2D eigenvalue weighted by molar-refractivity contribution is -0.128. The fourth-order valence-electron chi connectivity index (χ4n) is 3.93. The Bertz CT molecular complexity index is 1140. The van der Waals surface area contributed by atoms with Crippen molar-refractivity contribution < 1.29 is 9.59 Å². The molecule has 0 spiro atoms. The predicted molar refractivity (Wildman–Crippen MR) is 115 cm³/mol. The predicted octanol–water partition coefficient (Wildman–Crippen LogP) is 1.61.